The normalized spacial score (nSPS) is 10.0. The smallest absolute Gasteiger partial charge is 0.257 e. The topological polar surface area (TPSA) is 124 Å². The Hall–Kier alpha value is -3.02. The van der Waals surface area contributed by atoms with Crippen molar-refractivity contribution in [1.29, 1.82) is 0 Å². The lowest BCUT2D eigenvalue weighted by Crippen LogP contribution is -2.18. The fraction of sp³-hybridized carbons (Fsp3) is 0. The van der Waals surface area contributed by atoms with Crippen LogP contribution in [-0.4, -0.2) is 11.8 Å². The number of hydrogen-bond acceptors (Lipinski definition) is 4. The van der Waals surface area contributed by atoms with Gasteiger partial charge in [-0.3, -0.25) is 9.59 Å². The Morgan fingerprint density at radius 2 is 1.55 bits per heavy atom. The van der Waals surface area contributed by atoms with Crippen LogP contribution in [0.15, 0.2) is 42.5 Å². The molecular weight excluding hydrogens is 256 g/mol. The van der Waals surface area contributed by atoms with Gasteiger partial charge in [0.2, 0.25) is 0 Å². The van der Waals surface area contributed by atoms with Gasteiger partial charge in [-0.2, -0.15) is 0 Å². The number of anilines is 3. The van der Waals surface area contributed by atoms with Crippen molar-refractivity contribution in [2.75, 3.05) is 16.8 Å². The number of benzene rings is 2. The minimum absolute atomic E-state index is 0.128. The van der Waals surface area contributed by atoms with Crippen LogP contribution in [0.5, 0.6) is 0 Å². The van der Waals surface area contributed by atoms with Crippen LogP contribution in [0.1, 0.15) is 20.7 Å². The van der Waals surface area contributed by atoms with Gasteiger partial charge in [0.25, 0.3) is 11.8 Å². The molecule has 2 aromatic carbocycles. The van der Waals surface area contributed by atoms with E-state index in [0.717, 1.165) is 0 Å². The molecule has 0 aliphatic rings. The summed E-state index contributed by atoms with van der Waals surface area (Å²) >= 11 is 0. The van der Waals surface area contributed by atoms with Crippen LogP contribution >= 0.6 is 0 Å². The third kappa shape index (κ3) is 2.54. The van der Waals surface area contributed by atoms with Crippen LogP contribution in [0, 0.1) is 0 Å². The summed E-state index contributed by atoms with van der Waals surface area (Å²) in [6.07, 6.45) is 0. The maximum absolute atomic E-state index is 12.1. The Morgan fingerprint density at radius 3 is 2.20 bits per heavy atom. The summed E-state index contributed by atoms with van der Waals surface area (Å²) in [4.78, 5) is 23.3. The first-order valence-corrected chi connectivity index (χ1v) is 5.85. The molecule has 2 aromatic rings. The lowest BCUT2D eigenvalue weighted by molar-refractivity contribution is 0.0997. The highest BCUT2D eigenvalue weighted by Crippen LogP contribution is 2.23. The van der Waals surface area contributed by atoms with Crippen molar-refractivity contribution >= 4 is 28.9 Å². The first kappa shape index (κ1) is 13.4. The summed E-state index contributed by atoms with van der Waals surface area (Å²) < 4.78 is 0. The van der Waals surface area contributed by atoms with Crippen molar-refractivity contribution in [2.24, 2.45) is 5.73 Å². The Balaban J connectivity index is 2.32. The number of nitrogens with two attached hydrogens (primary N) is 3. The summed E-state index contributed by atoms with van der Waals surface area (Å²) in [5, 5.41) is 2.61. The second kappa shape index (κ2) is 5.31. The quantitative estimate of drug-likeness (QED) is 0.625. The van der Waals surface area contributed by atoms with Crippen LogP contribution in [0.3, 0.4) is 0 Å². The molecule has 20 heavy (non-hydrogen) atoms. The Bertz CT molecular complexity index is 683. The van der Waals surface area contributed by atoms with Gasteiger partial charge >= 0.3 is 0 Å². The summed E-state index contributed by atoms with van der Waals surface area (Å²) in [5.74, 6) is -1.06. The number of carbonyl (C=O) groups excluding carboxylic acids is 2. The highest BCUT2D eigenvalue weighted by Gasteiger charge is 2.14. The van der Waals surface area contributed by atoms with Gasteiger partial charge in [0.1, 0.15) is 0 Å². The molecule has 0 aliphatic heterocycles. The van der Waals surface area contributed by atoms with Gasteiger partial charge in [-0.1, -0.05) is 18.2 Å². The number of rotatable bonds is 3. The molecule has 0 aromatic heterocycles. The Morgan fingerprint density at radius 1 is 0.900 bits per heavy atom. The third-order valence-corrected chi connectivity index (χ3v) is 2.83. The molecule has 102 valence electrons. The van der Waals surface area contributed by atoms with Crippen LogP contribution in [0.25, 0.3) is 0 Å². The van der Waals surface area contributed by atoms with Gasteiger partial charge in [-0.05, 0) is 24.3 Å². The van der Waals surface area contributed by atoms with E-state index in [0.29, 0.717) is 16.9 Å². The third-order valence-electron chi connectivity index (χ3n) is 2.83. The number of para-hydroxylation sites is 2. The van der Waals surface area contributed by atoms with Crippen LogP contribution in [0.4, 0.5) is 17.1 Å². The van der Waals surface area contributed by atoms with Crippen LogP contribution < -0.4 is 22.5 Å². The monoisotopic (exact) mass is 270 g/mol. The van der Waals surface area contributed by atoms with E-state index in [9.17, 15) is 9.59 Å². The Kier molecular flexibility index (Phi) is 3.56. The average Bonchev–Trinajstić information content (AvgIpc) is 2.41. The number of primary amides is 1. The molecule has 0 heterocycles. The molecule has 0 radical (unpaired) electrons. The number of amides is 2. The van der Waals surface area contributed by atoms with E-state index in [-0.39, 0.29) is 11.3 Å². The van der Waals surface area contributed by atoms with E-state index < -0.39 is 11.8 Å². The minimum Gasteiger partial charge on any atom is -0.398 e. The molecule has 0 saturated heterocycles. The molecular formula is C14H14N4O2. The fourth-order valence-electron chi connectivity index (χ4n) is 1.78. The summed E-state index contributed by atoms with van der Waals surface area (Å²) in [7, 11) is 0. The van der Waals surface area contributed by atoms with Crippen molar-refractivity contribution in [3.8, 4) is 0 Å². The average molecular weight is 270 g/mol. The molecule has 0 atom stereocenters. The predicted octanol–water partition coefficient (Wildman–Crippen LogP) is 1.20. The molecule has 6 heteroatoms. The predicted molar refractivity (Wildman–Crippen MR) is 78.2 cm³/mol. The maximum Gasteiger partial charge on any atom is 0.257 e. The largest absolute Gasteiger partial charge is 0.398 e. The Labute approximate surface area is 115 Å². The van der Waals surface area contributed by atoms with Crippen molar-refractivity contribution in [1.82, 2.24) is 0 Å². The highest BCUT2D eigenvalue weighted by atomic mass is 16.2. The molecule has 2 amide bonds. The standard InChI is InChI=1S/C14H14N4O2/c15-10-6-2-1-4-8(10)14(20)18-11-7-3-5-9(12(11)16)13(17)19/h1-7H,15-16H2,(H2,17,19)(H,18,20). The highest BCUT2D eigenvalue weighted by molar-refractivity contribution is 6.10. The van der Waals surface area contributed by atoms with E-state index in [1.165, 1.54) is 6.07 Å². The van der Waals surface area contributed by atoms with Gasteiger partial charge in [0.05, 0.1) is 22.5 Å². The van der Waals surface area contributed by atoms with Gasteiger partial charge in [0, 0.05) is 5.69 Å². The molecule has 0 aliphatic carbocycles. The van der Waals surface area contributed by atoms with E-state index in [2.05, 4.69) is 5.32 Å². The first-order chi connectivity index (χ1) is 9.50. The number of nitrogen functional groups attached to an aromatic ring is 2. The van der Waals surface area contributed by atoms with E-state index in [4.69, 9.17) is 17.2 Å². The van der Waals surface area contributed by atoms with Crippen molar-refractivity contribution in [3.63, 3.8) is 0 Å². The molecule has 0 saturated carbocycles. The summed E-state index contributed by atoms with van der Waals surface area (Å²) in [6, 6.07) is 11.3. The second-order valence-corrected chi connectivity index (χ2v) is 4.17. The molecule has 0 spiro atoms. The first-order valence-electron chi connectivity index (χ1n) is 5.85. The minimum atomic E-state index is -0.655. The zero-order valence-corrected chi connectivity index (χ0v) is 10.6. The molecule has 2 rings (SSSR count). The molecule has 0 unspecified atom stereocenters. The SMILES string of the molecule is NC(=O)c1cccc(NC(=O)c2ccccc2N)c1N. The van der Waals surface area contributed by atoms with Gasteiger partial charge in [0.15, 0.2) is 0 Å². The zero-order chi connectivity index (χ0) is 14.7. The van der Waals surface area contributed by atoms with E-state index in [1.807, 2.05) is 0 Å². The van der Waals surface area contributed by atoms with E-state index >= 15 is 0 Å². The molecule has 7 N–H and O–H groups in total. The van der Waals surface area contributed by atoms with E-state index in [1.54, 1.807) is 36.4 Å². The molecule has 0 bridgehead atoms. The van der Waals surface area contributed by atoms with Crippen LogP contribution in [0.2, 0.25) is 0 Å². The van der Waals surface area contributed by atoms with Gasteiger partial charge in [-0.15, -0.1) is 0 Å². The number of nitrogens with one attached hydrogen (secondary N) is 1. The number of hydrogen-bond donors (Lipinski definition) is 4. The lowest BCUT2D eigenvalue weighted by Gasteiger charge is -2.11. The van der Waals surface area contributed by atoms with Crippen LogP contribution in [-0.2, 0) is 0 Å². The second-order valence-electron chi connectivity index (χ2n) is 4.17. The summed E-state index contributed by atoms with van der Waals surface area (Å²) in [5.41, 5.74) is 18.0. The fourth-order valence-corrected chi connectivity index (χ4v) is 1.78. The molecule has 6 nitrogen and oxygen atoms in total. The van der Waals surface area contributed by atoms with Gasteiger partial charge < -0.3 is 22.5 Å². The van der Waals surface area contributed by atoms with Crippen molar-refractivity contribution < 1.29 is 9.59 Å². The zero-order valence-electron chi connectivity index (χ0n) is 10.6. The number of carbonyl (C=O) groups is 2. The lowest BCUT2D eigenvalue weighted by atomic mass is 10.1. The van der Waals surface area contributed by atoms with Crippen molar-refractivity contribution in [3.05, 3.63) is 53.6 Å². The summed E-state index contributed by atoms with van der Waals surface area (Å²) in [6.45, 7) is 0. The van der Waals surface area contributed by atoms with Gasteiger partial charge in [-0.25, -0.2) is 0 Å². The maximum atomic E-state index is 12.1. The van der Waals surface area contributed by atoms with Crippen molar-refractivity contribution in [2.45, 2.75) is 0 Å². The molecule has 0 fully saturated rings.